The number of carbonyl (C=O) groups is 3. The lowest BCUT2D eigenvalue weighted by Crippen LogP contribution is -2.53. The summed E-state index contributed by atoms with van der Waals surface area (Å²) in [5.74, 6) is -2.15. The van der Waals surface area contributed by atoms with Gasteiger partial charge in [0.1, 0.15) is 24.7 Å². The average molecular weight is 294 g/mol. The highest BCUT2D eigenvalue weighted by Gasteiger charge is 2.29. The molecule has 1 saturated heterocycles. The van der Waals surface area contributed by atoms with Crippen LogP contribution in [0.2, 0.25) is 0 Å². The molecule has 2 N–H and O–H groups in total. The highest BCUT2D eigenvalue weighted by molar-refractivity contribution is 6.07. The lowest BCUT2D eigenvalue weighted by Gasteiger charge is -2.26. The van der Waals surface area contributed by atoms with Gasteiger partial charge in [-0.25, -0.2) is 9.37 Å². The molecule has 0 aromatic carbocycles. The van der Waals surface area contributed by atoms with E-state index in [-0.39, 0.29) is 24.5 Å². The van der Waals surface area contributed by atoms with Crippen LogP contribution in [0.3, 0.4) is 0 Å². The van der Waals surface area contributed by atoms with Gasteiger partial charge in [-0.1, -0.05) is 6.92 Å². The summed E-state index contributed by atoms with van der Waals surface area (Å²) in [6, 6.07) is 1.05. The molecule has 1 aromatic rings. The third-order valence-electron chi connectivity index (χ3n) is 2.86. The number of hydrogen-bond donors (Lipinski definition) is 2. The molecule has 0 unspecified atom stereocenters. The van der Waals surface area contributed by atoms with E-state index in [2.05, 4.69) is 15.6 Å². The Morgan fingerprint density at radius 1 is 1.43 bits per heavy atom. The molecule has 1 aliphatic heterocycles. The number of hydrogen-bond acceptors (Lipinski definition) is 5. The SMILES string of the molecule is CCCNc1ncc(F)cc1C(=O)N1CC(=O)NC(=O)C1. The summed E-state index contributed by atoms with van der Waals surface area (Å²) in [5, 5.41) is 5.02. The van der Waals surface area contributed by atoms with Crippen molar-refractivity contribution in [2.75, 3.05) is 25.0 Å². The zero-order valence-electron chi connectivity index (χ0n) is 11.5. The number of nitrogens with one attached hydrogen (secondary N) is 2. The number of pyridine rings is 1. The van der Waals surface area contributed by atoms with Gasteiger partial charge in [0.25, 0.3) is 5.91 Å². The molecule has 112 valence electrons. The molecule has 0 aliphatic carbocycles. The summed E-state index contributed by atoms with van der Waals surface area (Å²) in [7, 11) is 0. The third kappa shape index (κ3) is 3.53. The minimum absolute atomic E-state index is 0.00551. The minimum Gasteiger partial charge on any atom is -0.369 e. The Bertz CT molecular complexity index is 575. The maximum atomic E-state index is 13.3. The van der Waals surface area contributed by atoms with Crippen molar-refractivity contribution in [3.63, 3.8) is 0 Å². The van der Waals surface area contributed by atoms with Crippen LogP contribution in [0.4, 0.5) is 10.2 Å². The largest absolute Gasteiger partial charge is 0.369 e. The Labute approximate surface area is 120 Å². The summed E-state index contributed by atoms with van der Waals surface area (Å²) in [6.07, 6.45) is 1.81. The number of rotatable bonds is 4. The molecule has 0 bridgehead atoms. The van der Waals surface area contributed by atoms with Crippen LogP contribution in [-0.4, -0.2) is 47.2 Å². The number of carbonyl (C=O) groups excluding carboxylic acids is 3. The van der Waals surface area contributed by atoms with Gasteiger partial charge in [-0.3, -0.25) is 19.7 Å². The molecular weight excluding hydrogens is 279 g/mol. The van der Waals surface area contributed by atoms with Crippen molar-refractivity contribution >= 4 is 23.5 Å². The molecule has 0 saturated carbocycles. The fourth-order valence-electron chi connectivity index (χ4n) is 1.94. The topological polar surface area (TPSA) is 91.4 Å². The monoisotopic (exact) mass is 294 g/mol. The molecule has 7 nitrogen and oxygen atoms in total. The Morgan fingerprint density at radius 3 is 2.71 bits per heavy atom. The minimum atomic E-state index is -0.659. The fraction of sp³-hybridized carbons (Fsp3) is 0.385. The van der Waals surface area contributed by atoms with Crippen LogP contribution in [0.15, 0.2) is 12.3 Å². The van der Waals surface area contributed by atoms with Gasteiger partial charge in [0.15, 0.2) is 0 Å². The first-order valence-corrected chi connectivity index (χ1v) is 6.52. The fourth-order valence-corrected chi connectivity index (χ4v) is 1.94. The van der Waals surface area contributed by atoms with Crippen LogP contribution in [-0.2, 0) is 9.59 Å². The molecule has 0 spiro atoms. The van der Waals surface area contributed by atoms with Crippen molar-refractivity contribution in [1.82, 2.24) is 15.2 Å². The van der Waals surface area contributed by atoms with Crippen molar-refractivity contribution < 1.29 is 18.8 Å². The second-order valence-corrected chi connectivity index (χ2v) is 4.61. The van der Waals surface area contributed by atoms with Crippen molar-refractivity contribution in [2.24, 2.45) is 0 Å². The normalized spacial score (nSPS) is 14.9. The number of amides is 3. The summed E-state index contributed by atoms with van der Waals surface area (Å²) in [5.41, 5.74) is 0.00551. The Morgan fingerprint density at radius 2 is 2.10 bits per heavy atom. The first kappa shape index (κ1) is 14.9. The van der Waals surface area contributed by atoms with E-state index < -0.39 is 23.5 Å². The predicted octanol–water partition coefficient (Wildman–Crippen LogP) is 0.141. The molecule has 1 aliphatic rings. The molecule has 0 radical (unpaired) electrons. The highest BCUT2D eigenvalue weighted by Crippen LogP contribution is 2.17. The molecular formula is C13H15FN4O3. The van der Waals surface area contributed by atoms with Crippen molar-refractivity contribution in [2.45, 2.75) is 13.3 Å². The maximum Gasteiger partial charge on any atom is 0.258 e. The highest BCUT2D eigenvalue weighted by atomic mass is 19.1. The van der Waals surface area contributed by atoms with Crippen LogP contribution in [0.1, 0.15) is 23.7 Å². The molecule has 1 aromatic heterocycles. The predicted molar refractivity (Wildman–Crippen MR) is 72.0 cm³/mol. The van der Waals surface area contributed by atoms with E-state index >= 15 is 0 Å². The van der Waals surface area contributed by atoms with E-state index in [9.17, 15) is 18.8 Å². The van der Waals surface area contributed by atoms with Gasteiger partial charge in [-0.05, 0) is 12.5 Å². The van der Waals surface area contributed by atoms with Gasteiger partial charge in [0.2, 0.25) is 11.8 Å². The number of nitrogens with zero attached hydrogens (tertiary/aromatic N) is 2. The average Bonchev–Trinajstić information content (AvgIpc) is 2.44. The molecule has 2 rings (SSSR count). The van der Waals surface area contributed by atoms with Crippen LogP contribution in [0.25, 0.3) is 0 Å². The van der Waals surface area contributed by atoms with Gasteiger partial charge >= 0.3 is 0 Å². The second-order valence-electron chi connectivity index (χ2n) is 4.61. The molecule has 0 atom stereocenters. The molecule has 2 heterocycles. The van der Waals surface area contributed by atoms with Gasteiger partial charge in [-0.15, -0.1) is 0 Å². The zero-order valence-corrected chi connectivity index (χ0v) is 11.5. The molecule has 3 amide bonds. The van der Waals surface area contributed by atoms with Crippen LogP contribution >= 0.6 is 0 Å². The summed E-state index contributed by atoms with van der Waals surface area (Å²) in [6.45, 7) is 2.02. The summed E-state index contributed by atoms with van der Waals surface area (Å²) in [4.78, 5) is 39.9. The number of halogens is 1. The molecule has 21 heavy (non-hydrogen) atoms. The Kier molecular flexibility index (Phi) is 4.46. The quantitative estimate of drug-likeness (QED) is 0.771. The van der Waals surface area contributed by atoms with Crippen molar-refractivity contribution in [1.29, 1.82) is 0 Å². The lowest BCUT2D eigenvalue weighted by molar-refractivity contribution is -0.135. The van der Waals surface area contributed by atoms with E-state index in [0.717, 1.165) is 23.6 Å². The second kappa shape index (κ2) is 6.29. The first-order valence-electron chi connectivity index (χ1n) is 6.52. The number of aromatic nitrogens is 1. The van der Waals surface area contributed by atoms with Gasteiger partial charge < -0.3 is 10.2 Å². The van der Waals surface area contributed by atoms with Crippen LogP contribution in [0, 0.1) is 5.82 Å². The van der Waals surface area contributed by atoms with E-state index in [0.29, 0.717) is 6.54 Å². The number of anilines is 1. The van der Waals surface area contributed by atoms with Crippen LogP contribution < -0.4 is 10.6 Å². The van der Waals surface area contributed by atoms with Gasteiger partial charge in [0, 0.05) is 6.54 Å². The lowest BCUT2D eigenvalue weighted by atomic mass is 10.2. The van der Waals surface area contributed by atoms with E-state index in [1.807, 2.05) is 6.92 Å². The van der Waals surface area contributed by atoms with Crippen molar-refractivity contribution in [3.05, 3.63) is 23.6 Å². The smallest absolute Gasteiger partial charge is 0.258 e. The van der Waals surface area contributed by atoms with Crippen molar-refractivity contribution in [3.8, 4) is 0 Å². The van der Waals surface area contributed by atoms with Gasteiger partial charge in [-0.2, -0.15) is 0 Å². The van der Waals surface area contributed by atoms with E-state index in [4.69, 9.17) is 0 Å². The third-order valence-corrected chi connectivity index (χ3v) is 2.86. The van der Waals surface area contributed by atoms with E-state index in [1.54, 1.807) is 0 Å². The first-order chi connectivity index (χ1) is 10.0. The Hall–Kier alpha value is -2.51. The summed E-state index contributed by atoms with van der Waals surface area (Å²) >= 11 is 0. The Balaban J connectivity index is 2.26. The van der Waals surface area contributed by atoms with Gasteiger partial charge in [0.05, 0.1) is 11.8 Å². The standard InChI is InChI=1S/C13H15FN4O3/c1-2-3-15-12-9(4-8(14)5-16-12)13(21)18-6-10(19)17-11(20)7-18/h4-5H,2-3,6-7H2,1H3,(H,15,16)(H,17,19,20). The number of piperazine rings is 1. The maximum absolute atomic E-state index is 13.3. The van der Waals surface area contributed by atoms with Crippen LogP contribution in [0.5, 0.6) is 0 Å². The van der Waals surface area contributed by atoms with E-state index in [1.165, 1.54) is 0 Å². The zero-order chi connectivity index (χ0) is 15.4. The molecule has 8 heteroatoms. The molecule has 1 fully saturated rings. The number of imide groups is 1. The summed E-state index contributed by atoms with van der Waals surface area (Å²) < 4.78 is 13.3.